The highest BCUT2D eigenvalue weighted by Gasteiger charge is 2.22. The van der Waals surface area contributed by atoms with Crippen molar-refractivity contribution in [2.24, 2.45) is 0 Å². The monoisotopic (exact) mass is 323 g/mol. The minimum absolute atomic E-state index is 0.380. The van der Waals surface area contributed by atoms with E-state index >= 15 is 0 Å². The summed E-state index contributed by atoms with van der Waals surface area (Å²) in [5.41, 5.74) is 1.38. The quantitative estimate of drug-likeness (QED) is 0.458. The maximum absolute atomic E-state index is 12.3. The molecule has 0 saturated heterocycles. The Kier molecular flexibility index (Phi) is 6.94. The van der Waals surface area contributed by atoms with Gasteiger partial charge < -0.3 is 14.4 Å². The molecule has 4 nitrogen and oxygen atoms in total. The van der Waals surface area contributed by atoms with Gasteiger partial charge in [-0.3, -0.25) is 0 Å². The van der Waals surface area contributed by atoms with Crippen LogP contribution in [-0.4, -0.2) is 37.3 Å². The third-order valence-corrected chi connectivity index (χ3v) is 3.42. The molecule has 0 spiro atoms. The zero-order chi connectivity index (χ0) is 16.8. The number of halogens is 1. The Balaban J connectivity index is 2.82. The van der Waals surface area contributed by atoms with Crippen LogP contribution < -0.4 is 5.46 Å². The summed E-state index contributed by atoms with van der Waals surface area (Å²) >= 11 is 6.13. The molecule has 0 radical (unpaired) electrons. The van der Waals surface area contributed by atoms with Crippen LogP contribution in [0.4, 0.5) is 4.79 Å². The van der Waals surface area contributed by atoms with Crippen LogP contribution in [-0.2, 0) is 16.1 Å². The van der Waals surface area contributed by atoms with Crippen molar-refractivity contribution in [2.75, 3.05) is 6.54 Å². The topological polar surface area (TPSA) is 46.6 Å². The lowest BCUT2D eigenvalue weighted by molar-refractivity contribution is -0.108. The SMILES string of the molecule is Bc1ccc(CN(CCCC=O)C(=O)OC(C)(C)C)cc1Cl. The van der Waals surface area contributed by atoms with Crippen molar-refractivity contribution in [3.63, 3.8) is 0 Å². The van der Waals surface area contributed by atoms with Gasteiger partial charge in [-0.1, -0.05) is 29.2 Å². The average molecular weight is 324 g/mol. The molecule has 0 unspecified atom stereocenters. The molecule has 0 atom stereocenters. The van der Waals surface area contributed by atoms with Crippen molar-refractivity contribution in [1.82, 2.24) is 4.90 Å². The van der Waals surface area contributed by atoms with Crippen LogP contribution >= 0.6 is 11.6 Å². The molecule has 0 saturated carbocycles. The van der Waals surface area contributed by atoms with Crippen molar-refractivity contribution in [1.29, 1.82) is 0 Å². The summed E-state index contributed by atoms with van der Waals surface area (Å²) in [4.78, 5) is 24.4. The molecule has 1 aromatic carbocycles. The molecule has 0 heterocycles. The molecule has 0 bridgehead atoms. The van der Waals surface area contributed by atoms with E-state index in [-0.39, 0.29) is 6.09 Å². The maximum atomic E-state index is 12.3. The van der Waals surface area contributed by atoms with E-state index in [0.717, 1.165) is 17.3 Å². The van der Waals surface area contributed by atoms with Crippen molar-refractivity contribution >= 4 is 37.3 Å². The van der Waals surface area contributed by atoms with Crippen LogP contribution in [0.1, 0.15) is 39.2 Å². The number of hydrogen-bond acceptors (Lipinski definition) is 3. The third-order valence-electron chi connectivity index (χ3n) is 3.01. The van der Waals surface area contributed by atoms with Gasteiger partial charge in [0.1, 0.15) is 19.7 Å². The van der Waals surface area contributed by atoms with Gasteiger partial charge in [0.05, 0.1) is 0 Å². The molecule has 22 heavy (non-hydrogen) atoms. The summed E-state index contributed by atoms with van der Waals surface area (Å²) < 4.78 is 5.42. The van der Waals surface area contributed by atoms with E-state index in [1.54, 1.807) is 4.90 Å². The summed E-state index contributed by atoms with van der Waals surface area (Å²) in [7, 11) is 1.93. The molecule has 0 fully saturated rings. The van der Waals surface area contributed by atoms with Crippen LogP contribution in [0, 0.1) is 0 Å². The molecule has 0 N–H and O–H groups in total. The Labute approximate surface area is 138 Å². The summed E-state index contributed by atoms with van der Waals surface area (Å²) in [6.45, 7) is 6.37. The lowest BCUT2D eigenvalue weighted by Gasteiger charge is -2.27. The standard InChI is InChI=1S/C16H23BClNO3/c1-16(2,3)22-15(21)19(8-4-5-9-20)11-12-6-7-13(17)14(18)10-12/h6-7,9-10H,4-5,8,11,17H2,1-3H3. The normalized spacial score (nSPS) is 11.1. The first-order valence-corrected chi connectivity index (χ1v) is 7.77. The molecule has 1 aromatic rings. The van der Waals surface area contributed by atoms with Gasteiger partial charge in [-0.2, -0.15) is 0 Å². The summed E-state index contributed by atoms with van der Waals surface area (Å²) in [5.74, 6) is 0. The molecule has 0 aliphatic heterocycles. The van der Waals surface area contributed by atoms with Gasteiger partial charge in [-0.25, -0.2) is 4.79 Å². The van der Waals surface area contributed by atoms with Crippen LogP contribution in [0.2, 0.25) is 5.02 Å². The Morgan fingerprint density at radius 1 is 1.41 bits per heavy atom. The number of aldehydes is 1. The van der Waals surface area contributed by atoms with Crippen LogP contribution in [0.3, 0.4) is 0 Å². The van der Waals surface area contributed by atoms with Gasteiger partial charge >= 0.3 is 6.09 Å². The Morgan fingerprint density at radius 3 is 2.64 bits per heavy atom. The number of nitrogens with zero attached hydrogens (tertiary/aromatic N) is 1. The predicted molar refractivity (Wildman–Crippen MR) is 91.6 cm³/mol. The molecular weight excluding hydrogens is 300 g/mol. The highest BCUT2D eigenvalue weighted by molar-refractivity contribution is 6.45. The molecule has 120 valence electrons. The fraction of sp³-hybridized carbons (Fsp3) is 0.500. The molecule has 0 aliphatic carbocycles. The van der Waals surface area contributed by atoms with Gasteiger partial charge in [0.15, 0.2) is 0 Å². The van der Waals surface area contributed by atoms with Crippen molar-refractivity contribution in [2.45, 2.75) is 45.8 Å². The first-order valence-electron chi connectivity index (χ1n) is 7.39. The number of carbonyl (C=O) groups excluding carboxylic acids is 2. The fourth-order valence-electron chi connectivity index (χ4n) is 1.88. The van der Waals surface area contributed by atoms with E-state index in [4.69, 9.17) is 16.3 Å². The highest BCUT2D eigenvalue weighted by Crippen LogP contribution is 2.15. The van der Waals surface area contributed by atoms with Crippen molar-refractivity contribution in [3.05, 3.63) is 28.8 Å². The number of amides is 1. The zero-order valence-electron chi connectivity index (χ0n) is 13.7. The summed E-state index contributed by atoms with van der Waals surface area (Å²) in [6.07, 6.45) is 1.52. The Hall–Kier alpha value is -1.49. The summed E-state index contributed by atoms with van der Waals surface area (Å²) in [6, 6.07) is 5.72. The Morgan fingerprint density at radius 2 is 2.09 bits per heavy atom. The van der Waals surface area contributed by atoms with E-state index in [1.165, 1.54) is 0 Å². The van der Waals surface area contributed by atoms with Gasteiger partial charge in [-0.15, -0.1) is 0 Å². The zero-order valence-corrected chi connectivity index (χ0v) is 14.4. The second-order valence-electron chi connectivity index (χ2n) is 6.29. The van der Waals surface area contributed by atoms with E-state index in [0.29, 0.717) is 31.0 Å². The van der Waals surface area contributed by atoms with E-state index < -0.39 is 5.60 Å². The lowest BCUT2D eigenvalue weighted by Crippen LogP contribution is -2.37. The maximum Gasteiger partial charge on any atom is 0.410 e. The van der Waals surface area contributed by atoms with Crippen molar-refractivity contribution < 1.29 is 14.3 Å². The number of benzene rings is 1. The van der Waals surface area contributed by atoms with E-state index in [1.807, 2.05) is 46.8 Å². The van der Waals surface area contributed by atoms with Crippen LogP contribution in [0.25, 0.3) is 0 Å². The van der Waals surface area contributed by atoms with Gasteiger partial charge in [0.2, 0.25) is 0 Å². The highest BCUT2D eigenvalue weighted by atomic mass is 35.5. The molecule has 6 heteroatoms. The number of hydrogen-bond donors (Lipinski definition) is 0. The number of unbranched alkanes of at least 4 members (excludes halogenated alkanes) is 1. The average Bonchev–Trinajstić information content (AvgIpc) is 2.40. The van der Waals surface area contributed by atoms with Crippen LogP contribution in [0.5, 0.6) is 0 Å². The first-order chi connectivity index (χ1) is 10.2. The number of rotatable bonds is 6. The smallest absolute Gasteiger partial charge is 0.410 e. The first kappa shape index (κ1) is 18.6. The second-order valence-corrected chi connectivity index (χ2v) is 6.70. The predicted octanol–water partition coefficient (Wildman–Crippen LogP) is 2.31. The minimum Gasteiger partial charge on any atom is -0.444 e. The number of ether oxygens (including phenoxy) is 1. The van der Waals surface area contributed by atoms with Gasteiger partial charge in [-0.05, 0) is 38.8 Å². The van der Waals surface area contributed by atoms with E-state index in [9.17, 15) is 9.59 Å². The molecule has 0 aliphatic rings. The third kappa shape index (κ3) is 6.52. The van der Waals surface area contributed by atoms with Crippen molar-refractivity contribution in [3.8, 4) is 0 Å². The second kappa shape index (κ2) is 8.23. The lowest BCUT2D eigenvalue weighted by atomic mass is 9.95. The molecule has 1 amide bonds. The van der Waals surface area contributed by atoms with Crippen LogP contribution in [0.15, 0.2) is 18.2 Å². The number of carbonyl (C=O) groups is 2. The van der Waals surface area contributed by atoms with Gasteiger partial charge in [0.25, 0.3) is 0 Å². The summed E-state index contributed by atoms with van der Waals surface area (Å²) in [5, 5.41) is 0.675. The van der Waals surface area contributed by atoms with Gasteiger partial charge in [0, 0.05) is 24.5 Å². The fourth-order valence-corrected chi connectivity index (χ4v) is 2.09. The molecular formula is C16H23BClNO3. The molecule has 1 rings (SSSR count). The molecule has 0 aromatic heterocycles. The Bertz CT molecular complexity index is 529. The largest absolute Gasteiger partial charge is 0.444 e. The minimum atomic E-state index is -0.551. The van der Waals surface area contributed by atoms with E-state index in [2.05, 4.69) is 0 Å².